The van der Waals surface area contributed by atoms with Crippen LogP contribution in [0.15, 0.2) is 48.5 Å². The van der Waals surface area contributed by atoms with Gasteiger partial charge in [0.15, 0.2) is 0 Å². The average molecular weight is 350 g/mol. The molecule has 4 rings (SSSR count). The molecule has 0 amide bonds. The van der Waals surface area contributed by atoms with Crippen LogP contribution in [0.4, 0.5) is 5.69 Å². The van der Waals surface area contributed by atoms with Crippen LogP contribution in [0.5, 0.6) is 0 Å². The highest BCUT2D eigenvalue weighted by atomic mass is 15.2. The monoisotopic (exact) mass is 349 g/mol. The Kier molecular flexibility index (Phi) is 5.28. The molecule has 0 spiro atoms. The second-order valence-electron chi connectivity index (χ2n) is 8.02. The van der Waals surface area contributed by atoms with Crippen molar-refractivity contribution in [1.82, 2.24) is 4.90 Å². The first kappa shape index (κ1) is 17.6. The summed E-state index contributed by atoms with van der Waals surface area (Å²) in [5.74, 6) is 0.724. The molecular weight excluding hydrogens is 318 g/mol. The van der Waals surface area contributed by atoms with Crippen molar-refractivity contribution >= 4 is 5.69 Å². The molecule has 2 aliphatic rings. The first-order valence-corrected chi connectivity index (χ1v) is 10.1. The van der Waals surface area contributed by atoms with Gasteiger partial charge in [-0.25, -0.2) is 0 Å². The average Bonchev–Trinajstić information content (AvgIpc) is 3.18. The molecule has 0 saturated carbocycles. The van der Waals surface area contributed by atoms with Gasteiger partial charge in [0.1, 0.15) is 0 Å². The van der Waals surface area contributed by atoms with Crippen LogP contribution >= 0.6 is 0 Å². The maximum absolute atomic E-state index is 5.85. The molecule has 26 heavy (non-hydrogen) atoms. The van der Waals surface area contributed by atoms with Crippen LogP contribution in [0.2, 0.25) is 0 Å². The number of hydrogen-bond donors (Lipinski definition) is 1. The number of anilines is 1. The van der Waals surface area contributed by atoms with Gasteiger partial charge in [0.25, 0.3) is 0 Å². The van der Waals surface area contributed by atoms with Crippen LogP contribution in [0, 0.1) is 12.8 Å². The number of piperidine rings is 1. The lowest BCUT2D eigenvalue weighted by Crippen LogP contribution is -2.44. The number of rotatable bonds is 4. The van der Waals surface area contributed by atoms with Gasteiger partial charge in [-0.15, -0.1) is 0 Å². The number of hydrogen-bond acceptors (Lipinski definition) is 3. The Bertz CT molecular complexity index is 699. The Morgan fingerprint density at radius 2 is 1.46 bits per heavy atom. The number of aryl methyl sites for hydroxylation is 1. The maximum Gasteiger partial charge on any atom is 0.0366 e. The Labute approximate surface area is 157 Å². The summed E-state index contributed by atoms with van der Waals surface area (Å²) in [5.41, 5.74) is 11.1. The van der Waals surface area contributed by atoms with Crippen molar-refractivity contribution in [3.05, 3.63) is 54.1 Å². The fourth-order valence-electron chi connectivity index (χ4n) is 4.49. The largest absolute Gasteiger partial charge is 0.371 e. The standard InChI is InChI=1S/C23H31N3/c1-18-2-4-20(5-3-18)21-6-8-22(9-7-21)25-14-11-23(12-15-25)26-13-10-19(16-24)17-26/h2-9,19,23H,10-17,24H2,1H3/t19-/m1/s1. The minimum Gasteiger partial charge on any atom is -0.371 e. The van der Waals surface area contributed by atoms with Gasteiger partial charge in [-0.1, -0.05) is 42.0 Å². The van der Waals surface area contributed by atoms with Crippen LogP contribution < -0.4 is 10.6 Å². The van der Waals surface area contributed by atoms with E-state index in [1.54, 1.807) is 0 Å². The molecule has 138 valence electrons. The Balaban J connectivity index is 1.35. The van der Waals surface area contributed by atoms with E-state index in [9.17, 15) is 0 Å². The van der Waals surface area contributed by atoms with Crippen molar-refractivity contribution in [2.24, 2.45) is 11.7 Å². The van der Waals surface area contributed by atoms with Crippen LogP contribution in [0.3, 0.4) is 0 Å². The Morgan fingerprint density at radius 1 is 0.846 bits per heavy atom. The third-order valence-corrected chi connectivity index (χ3v) is 6.25. The van der Waals surface area contributed by atoms with Crippen LogP contribution in [-0.2, 0) is 0 Å². The van der Waals surface area contributed by atoms with Crippen molar-refractivity contribution in [3.8, 4) is 11.1 Å². The fourth-order valence-corrected chi connectivity index (χ4v) is 4.49. The van der Waals surface area contributed by atoms with Gasteiger partial charge in [0, 0.05) is 31.4 Å². The molecular formula is C23H31N3. The summed E-state index contributed by atoms with van der Waals surface area (Å²) in [6.07, 6.45) is 3.84. The van der Waals surface area contributed by atoms with E-state index in [1.807, 2.05) is 0 Å². The molecule has 2 saturated heterocycles. The lowest BCUT2D eigenvalue weighted by Gasteiger charge is -2.38. The van der Waals surface area contributed by atoms with Gasteiger partial charge in [-0.3, -0.25) is 4.90 Å². The number of nitrogens with two attached hydrogens (primary N) is 1. The van der Waals surface area contributed by atoms with Crippen molar-refractivity contribution in [2.45, 2.75) is 32.2 Å². The quantitative estimate of drug-likeness (QED) is 0.908. The third-order valence-electron chi connectivity index (χ3n) is 6.25. The summed E-state index contributed by atoms with van der Waals surface area (Å²) in [6.45, 7) is 7.78. The van der Waals surface area contributed by atoms with E-state index in [2.05, 4.69) is 65.3 Å². The molecule has 3 nitrogen and oxygen atoms in total. The smallest absolute Gasteiger partial charge is 0.0366 e. The fraction of sp³-hybridized carbons (Fsp3) is 0.478. The maximum atomic E-state index is 5.85. The second-order valence-corrected chi connectivity index (χ2v) is 8.02. The molecule has 0 aliphatic carbocycles. The van der Waals surface area contributed by atoms with Crippen LogP contribution in [0.1, 0.15) is 24.8 Å². The topological polar surface area (TPSA) is 32.5 Å². The number of nitrogens with zero attached hydrogens (tertiary/aromatic N) is 2. The molecule has 0 radical (unpaired) electrons. The van der Waals surface area contributed by atoms with Gasteiger partial charge >= 0.3 is 0 Å². The highest BCUT2D eigenvalue weighted by Crippen LogP contribution is 2.28. The summed E-state index contributed by atoms with van der Waals surface area (Å²) in [6, 6.07) is 18.6. The molecule has 2 heterocycles. The van der Waals surface area contributed by atoms with Gasteiger partial charge in [-0.05, 0) is 68.5 Å². The summed E-state index contributed by atoms with van der Waals surface area (Å²) in [4.78, 5) is 5.24. The summed E-state index contributed by atoms with van der Waals surface area (Å²) >= 11 is 0. The van der Waals surface area contributed by atoms with Crippen LogP contribution in [0.25, 0.3) is 11.1 Å². The van der Waals surface area contributed by atoms with Crippen molar-refractivity contribution < 1.29 is 0 Å². The molecule has 2 aliphatic heterocycles. The summed E-state index contributed by atoms with van der Waals surface area (Å²) < 4.78 is 0. The minimum absolute atomic E-state index is 0.724. The molecule has 0 aromatic heterocycles. The second kappa shape index (κ2) is 7.81. The highest BCUT2D eigenvalue weighted by Gasteiger charge is 2.30. The highest BCUT2D eigenvalue weighted by molar-refractivity contribution is 5.66. The van der Waals surface area contributed by atoms with E-state index in [1.165, 1.54) is 67.8 Å². The molecule has 0 unspecified atom stereocenters. The first-order chi connectivity index (χ1) is 12.7. The lowest BCUT2D eigenvalue weighted by atomic mass is 10.0. The lowest BCUT2D eigenvalue weighted by molar-refractivity contribution is 0.201. The van der Waals surface area contributed by atoms with E-state index in [4.69, 9.17) is 5.73 Å². The normalized spacial score (nSPS) is 22.1. The van der Waals surface area contributed by atoms with E-state index in [-0.39, 0.29) is 0 Å². The SMILES string of the molecule is Cc1ccc(-c2ccc(N3CCC(N4CC[C@H](CN)C4)CC3)cc2)cc1. The van der Waals surface area contributed by atoms with Crippen LogP contribution in [-0.4, -0.2) is 43.7 Å². The number of benzene rings is 2. The third kappa shape index (κ3) is 3.79. The van der Waals surface area contributed by atoms with E-state index in [0.29, 0.717) is 0 Å². The van der Waals surface area contributed by atoms with Gasteiger partial charge in [0.2, 0.25) is 0 Å². The first-order valence-electron chi connectivity index (χ1n) is 10.1. The summed E-state index contributed by atoms with van der Waals surface area (Å²) in [5, 5.41) is 0. The zero-order valence-corrected chi connectivity index (χ0v) is 15.9. The predicted molar refractivity (Wildman–Crippen MR) is 111 cm³/mol. The molecule has 2 fully saturated rings. The molecule has 2 aromatic rings. The van der Waals surface area contributed by atoms with E-state index >= 15 is 0 Å². The molecule has 0 bridgehead atoms. The van der Waals surface area contributed by atoms with E-state index < -0.39 is 0 Å². The molecule has 1 atom stereocenters. The Morgan fingerprint density at radius 3 is 2.04 bits per heavy atom. The van der Waals surface area contributed by atoms with Gasteiger partial charge < -0.3 is 10.6 Å². The zero-order chi connectivity index (χ0) is 17.9. The molecule has 3 heteroatoms. The van der Waals surface area contributed by atoms with E-state index in [0.717, 1.165) is 18.5 Å². The molecule has 2 N–H and O–H groups in total. The van der Waals surface area contributed by atoms with Crippen molar-refractivity contribution in [3.63, 3.8) is 0 Å². The number of likely N-dealkylation sites (tertiary alicyclic amines) is 1. The van der Waals surface area contributed by atoms with Gasteiger partial charge in [-0.2, -0.15) is 0 Å². The predicted octanol–water partition coefficient (Wildman–Crippen LogP) is 3.91. The zero-order valence-electron chi connectivity index (χ0n) is 15.9. The van der Waals surface area contributed by atoms with Gasteiger partial charge in [0.05, 0.1) is 0 Å². The van der Waals surface area contributed by atoms with Crippen molar-refractivity contribution in [1.29, 1.82) is 0 Å². The summed E-state index contributed by atoms with van der Waals surface area (Å²) in [7, 11) is 0. The van der Waals surface area contributed by atoms with Crippen molar-refractivity contribution in [2.75, 3.05) is 37.6 Å². The molecule has 2 aromatic carbocycles. The minimum atomic E-state index is 0.724. The Hall–Kier alpha value is -1.84.